The number of carbonyl (C=O) groups excluding carboxylic acids is 1. The second-order valence-electron chi connectivity index (χ2n) is 8.45. The van der Waals surface area contributed by atoms with Gasteiger partial charge in [0.1, 0.15) is 5.82 Å². The van der Waals surface area contributed by atoms with Crippen LogP contribution in [0.2, 0.25) is 5.02 Å². The van der Waals surface area contributed by atoms with Crippen LogP contribution in [0.15, 0.2) is 35.6 Å². The summed E-state index contributed by atoms with van der Waals surface area (Å²) in [7, 11) is 0. The predicted octanol–water partition coefficient (Wildman–Crippen LogP) is 4.98. The molecule has 0 fully saturated rings. The molecule has 0 aliphatic rings. The van der Waals surface area contributed by atoms with E-state index in [1.807, 2.05) is 35.2 Å². The lowest BCUT2D eigenvalue weighted by molar-refractivity contribution is 0.0951. The molecule has 0 unspecified atom stereocenters. The highest BCUT2D eigenvalue weighted by Gasteiger charge is 2.21. The van der Waals surface area contributed by atoms with E-state index in [1.54, 1.807) is 18.0 Å². The Morgan fingerprint density at radius 1 is 1.16 bits per heavy atom. The van der Waals surface area contributed by atoms with Gasteiger partial charge < -0.3 is 9.88 Å². The molecule has 1 amide bonds. The van der Waals surface area contributed by atoms with Crippen molar-refractivity contribution in [2.24, 2.45) is 5.92 Å². The van der Waals surface area contributed by atoms with Crippen LogP contribution in [-0.4, -0.2) is 43.3 Å². The molecule has 0 aliphatic carbocycles. The number of aromatic nitrogens is 5. The average molecular weight is 475 g/mol. The third-order valence-electron chi connectivity index (χ3n) is 5.06. The quantitative estimate of drug-likeness (QED) is 0.331. The highest BCUT2D eigenvalue weighted by Crippen LogP contribution is 2.24. The zero-order valence-electron chi connectivity index (χ0n) is 19.3. The minimum Gasteiger partial charge on any atom is -0.352 e. The third kappa shape index (κ3) is 5.72. The van der Waals surface area contributed by atoms with Gasteiger partial charge in [0, 0.05) is 24.5 Å². The summed E-state index contributed by atoms with van der Waals surface area (Å²) in [5.41, 5.74) is 2.36. The molecule has 3 aromatic rings. The first kappa shape index (κ1) is 24.3. The van der Waals surface area contributed by atoms with E-state index in [-0.39, 0.29) is 11.8 Å². The van der Waals surface area contributed by atoms with Crippen molar-refractivity contribution in [2.45, 2.75) is 58.2 Å². The summed E-state index contributed by atoms with van der Waals surface area (Å²) in [5.74, 6) is 1.51. The van der Waals surface area contributed by atoms with Crippen LogP contribution < -0.4 is 5.32 Å². The number of hydrogen-bond donors (Lipinski definition) is 1. The number of nitrogens with zero attached hydrogens (tertiary/aromatic N) is 5. The monoisotopic (exact) mass is 474 g/mol. The van der Waals surface area contributed by atoms with Crippen LogP contribution in [0.3, 0.4) is 0 Å². The topological polar surface area (TPSA) is 77.6 Å². The van der Waals surface area contributed by atoms with Crippen LogP contribution in [0.25, 0.3) is 5.69 Å². The molecule has 0 spiro atoms. The van der Waals surface area contributed by atoms with E-state index < -0.39 is 0 Å². The molecule has 7 nitrogen and oxygen atoms in total. The van der Waals surface area contributed by atoms with E-state index >= 15 is 0 Å². The third-order valence-corrected chi connectivity index (χ3v) is 5.97. The van der Waals surface area contributed by atoms with Crippen LogP contribution in [0.1, 0.15) is 61.9 Å². The fourth-order valence-corrected chi connectivity index (χ4v) is 4.27. The molecule has 2 heterocycles. The van der Waals surface area contributed by atoms with Crippen molar-refractivity contribution in [3.05, 3.63) is 52.6 Å². The molecule has 0 bridgehead atoms. The number of amides is 1. The molecule has 3 rings (SSSR count). The van der Waals surface area contributed by atoms with Gasteiger partial charge in [-0.15, -0.1) is 10.2 Å². The minimum absolute atomic E-state index is 0.109. The van der Waals surface area contributed by atoms with Gasteiger partial charge in [-0.2, -0.15) is 5.10 Å². The number of rotatable bonds is 10. The Morgan fingerprint density at radius 3 is 2.50 bits per heavy atom. The van der Waals surface area contributed by atoms with Crippen LogP contribution >= 0.6 is 23.4 Å². The fourth-order valence-electron chi connectivity index (χ4n) is 3.62. The first-order valence-corrected chi connectivity index (χ1v) is 12.5. The number of halogens is 1. The molecule has 0 aliphatic heterocycles. The van der Waals surface area contributed by atoms with Crippen LogP contribution in [0.5, 0.6) is 0 Å². The van der Waals surface area contributed by atoms with E-state index in [9.17, 15) is 4.79 Å². The number of thioether (sulfide) groups is 1. The number of aryl methyl sites for hydroxylation is 1. The highest BCUT2D eigenvalue weighted by atomic mass is 35.5. The van der Waals surface area contributed by atoms with Gasteiger partial charge >= 0.3 is 0 Å². The Hall–Kier alpha value is -2.32. The molecule has 1 N–H and O–H groups in total. The largest absolute Gasteiger partial charge is 0.352 e. The summed E-state index contributed by atoms with van der Waals surface area (Å²) in [6.45, 7) is 9.95. The first-order chi connectivity index (χ1) is 15.3. The van der Waals surface area contributed by atoms with Crippen molar-refractivity contribution in [2.75, 3.05) is 12.8 Å². The van der Waals surface area contributed by atoms with Crippen LogP contribution in [-0.2, 0) is 13.0 Å². The summed E-state index contributed by atoms with van der Waals surface area (Å²) in [5, 5.41) is 17.8. The lowest BCUT2D eigenvalue weighted by Crippen LogP contribution is -2.26. The smallest absolute Gasteiger partial charge is 0.254 e. The average Bonchev–Trinajstić information content (AvgIpc) is 3.36. The van der Waals surface area contributed by atoms with E-state index in [2.05, 4.69) is 52.9 Å². The molecule has 0 atom stereocenters. The van der Waals surface area contributed by atoms with Gasteiger partial charge in [0.25, 0.3) is 5.91 Å². The van der Waals surface area contributed by atoms with Gasteiger partial charge in [-0.05, 0) is 48.8 Å². The van der Waals surface area contributed by atoms with Crippen molar-refractivity contribution in [3.8, 4) is 5.69 Å². The zero-order valence-corrected chi connectivity index (χ0v) is 20.9. The van der Waals surface area contributed by atoms with Gasteiger partial charge in [0.2, 0.25) is 0 Å². The normalized spacial score (nSPS) is 11.5. The van der Waals surface area contributed by atoms with Crippen LogP contribution in [0.4, 0.5) is 0 Å². The summed E-state index contributed by atoms with van der Waals surface area (Å²) < 4.78 is 4.00. The first-order valence-electron chi connectivity index (χ1n) is 10.9. The van der Waals surface area contributed by atoms with Gasteiger partial charge in [0.05, 0.1) is 23.1 Å². The van der Waals surface area contributed by atoms with Crippen LogP contribution in [0, 0.1) is 5.92 Å². The number of nitrogens with one attached hydrogen (secondary N) is 1. The summed E-state index contributed by atoms with van der Waals surface area (Å²) in [6, 6.07) is 7.45. The van der Waals surface area contributed by atoms with Crippen molar-refractivity contribution >= 4 is 29.3 Å². The molecule has 9 heteroatoms. The van der Waals surface area contributed by atoms with Crippen molar-refractivity contribution in [1.82, 2.24) is 29.9 Å². The van der Waals surface area contributed by atoms with E-state index in [0.29, 0.717) is 23.0 Å². The second kappa shape index (κ2) is 11.0. The van der Waals surface area contributed by atoms with Gasteiger partial charge in [-0.3, -0.25) is 4.79 Å². The Balaban J connectivity index is 1.65. The molecule has 2 aromatic heterocycles. The fraction of sp³-hybridized carbons (Fsp3) is 0.478. The molecule has 32 heavy (non-hydrogen) atoms. The molecular formula is C23H31ClN6OS. The molecule has 0 radical (unpaired) electrons. The number of carbonyl (C=O) groups is 1. The summed E-state index contributed by atoms with van der Waals surface area (Å²) in [6.07, 6.45) is 5.21. The van der Waals surface area contributed by atoms with Crippen molar-refractivity contribution in [3.63, 3.8) is 0 Å². The Bertz CT molecular complexity index is 1040. The molecule has 1 aromatic carbocycles. The van der Waals surface area contributed by atoms with Crippen molar-refractivity contribution < 1.29 is 4.79 Å². The number of hydrogen-bond acceptors (Lipinski definition) is 5. The molecular weight excluding hydrogens is 444 g/mol. The number of benzene rings is 1. The van der Waals surface area contributed by atoms with Gasteiger partial charge in [-0.1, -0.05) is 51.1 Å². The summed E-state index contributed by atoms with van der Waals surface area (Å²) in [4.78, 5) is 12.9. The van der Waals surface area contributed by atoms with E-state index in [1.165, 1.54) is 0 Å². The Morgan fingerprint density at radius 2 is 1.88 bits per heavy atom. The Kier molecular flexibility index (Phi) is 8.37. The molecule has 0 saturated carbocycles. The molecule has 172 valence electrons. The maximum Gasteiger partial charge on any atom is 0.254 e. The predicted molar refractivity (Wildman–Crippen MR) is 130 cm³/mol. The maximum atomic E-state index is 12.9. The zero-order chi connectivity index (χ0) is 23.3. The lowest BCUT2D eigenvalue weighted by Gasteiger charge is -2.13. The standard InChI is InChI=1S/C23H31ClN6OS/c1-15(2)14-29-20(27-28-23(29)32-5)7-6-12-25-22(31)19-13-26-30(21(19)16(3)4)18-10-8-17(24)9-11-18/h8-11,13,15-16H,6-7,12,14H2,1-5H3,(H,25,31). The second-order valence-corrected chi connectivity index (χ2v) is 9.66. The van der Waals surface area contributed by atoms with Gasteiger partial charge in [-0.25, -0.2) is 4.68 Å². The summed E-state index contributed by atoms with van der Waals surface area (Å²) >= 11 is 7.62. The highest BCUT2D eigenvalue weighted by molar-refractivity contribution is 7.98. The van der Waals surface area contributed by atoms with E-state index in [4.69, 9.17) is 11.6 Å². The molecule has 0 saturated heterocycles. The van der Waals surface area contributed by atoms with Gasteiger partial charge in [0.15, 0.2) is 5.16 Å². The maximum absolute atomic E-state index is 12.9. The minimum atomic E-state index is -0.109. The van der Waals surface area contributed by atoms with Crippen molar-refractivity contribution in [1.29, 1.82) is 0 Å². The lowest BCUT2D eigenvalue weighted by atomic mass is 10.0. The SMILES string of the molecule is CSc1nnc(CCCNC(=O)c2cnn(-c3ccc(Cl)cc3)c2C(C)C)n1CC(C)C. The Labute approximate surface area is 198 Å². The van der Waals surface area contributed by atoms with E-state index in [0.717, 1.165) is 41.7 Å².